The number of amides is 2. The van der Waals surface area contributed by atoms with Gasteiger partial charge in [0.05, 0.1) is 0 Å². The average Bonchev–Trinajstić information content (AvgIpc) is 2.35. The van der Waals surface area contributed by atoms with E-state index < -0.39 is 5.91 Å². The summed E-state index contributed by atoms with van der Waals surface area (Å²) in [6.07, 6.45) is 0. The van der Waals surface area contributed by atoms with Crippen molar-refractivity contribution in [2.45, 2.75) is 13.8 Å². The van der Waals surface area contributed by atoms with Crippen molar-refractivity contribution in [2.75, 3.05) is 13.1 Å². The lowest BCUT2D eigenvalue weighted by atomic mass is 10.1. The third-order valence-electron chi connectivity index (χ3n) is 2.55. The minimum Gasteiger partial charge on any atom is -0.366 e. The van der Waals surface area contributed by atoms with E-state index >= 15 is 0 Å². The first kappa shape index (κ1) is 14.0. The van der Waals surface area contributed by atoms with E-state index in [1.807, 2.05) is 13.8 Å². The summed E-state index contributed by atoms with van der Waals surface area (Å²) in [4.78, 5) is 24.8. The maximum absolute atomic E-state index is 12.2. The van der Waals surface area contributed by atoms with Gasteiger partial charge in [0.2, 0.25) is 5.91 Å². The van der Waals surface area contributed by atoms with Gasteiger partial charge < -0.3 is 10.6 Å². The molecule has 18 heavy (non-hydrogen) atoms. The van der Waals surface area contributed by atoms with Crippen LogP contribution in [-0.4, -0.2) is 29.8 Å². The van der Waals surface area contributed by atoms with Gasteiger partial charge in [-0.3, -0.25) is 9.59 Å². The molecule has 0 unspecified atom stereocenters. The fourth-order valence-corrected chi connectivity index (χ4v) is 1.61. The Bertz CT molecular complexity index is 463. The molecule has 0 heterocycles. The quantitative estimate of drug-likeness (QED) is 0.805. The standard InChI is InChI=1S/C14H18N2O2/c1-4-16(9-10(2)3)14(18)12-7-5-11(6-8-12)13(15)17/h5-8H,2,4,9H2,1,3H3,(H2,15,17). The van der Waals surface area contributed by atoms with Crippen LogP contribution < -0.4 is 5.73 Å². The van der Waals surface area contributed by atoms with Crippen LogP contribution in [-0.2, 0) is 0 Å². The monoisotopic (exact) mass is 246 g/mol. The molecular weight excluding hydrogens is 228 g/mol. The van der Waals surface area contributed by atoms with Crippen molar-refractivity contribution in [2.24, 2.45) is 5.73 Å². The summed E-state index contributed by atoms with van der Waals surface area (Å²) in [5, 5.41) is 0. The number of nitrogens with zero attached hydrogens (tertiary/aromatic N) is 1. The summed E-state index contributed by atoms with van der Waals surface area (Å²) in [6.45, 7) is 8.75. The Hall–Kier alpha value is -2.10. The summed E-state index contributed by atoms with van der Waals surface area (Å²) < 4.78 is 0. The van der Waals surface area contributed by atoms with Gasteiger partial charge >= 0.3 is 0 Å². The van der Waals surface area contributed by atoms with Gasteiger partial charge in [-0.2, -0.15) is 0 Å². The van der Waals surface area contributed by atoms with Crippen LogP contribution in [0.5, 0.6) is 0 Å². The molecule has 96 valence electrons. The van der Waals surface area contributed by atoms with Gasteiger partial charge in [-0.15, -0.1) is 0 Å². The Balaban J connectivity index is 2.88. The highest BCUT2D eigenvalue weighted by atomic mass is 16.2. The van der Waals surface area contributed by atoms with E-state index in [2.05, 4.69) is 6.58 Å². The lowest BCUT2D eigenvalue weighted by Crippen LogP contribution is -2.32. The van der Waals surface area contributed by atoms with Gasteiger partial charge in [0, 0.05) is 24.2 Å². The molecule has 0 aliphatic heterocycles. The first-order valence-corrected chi connectivity index (χ1v) is 5.79. The number of hydrogen-bond donors (Lipinski definition) is 1. The fraction of sp³-hybridized carbons (Fsp3) is 0.286. The largest absolute Gasteiger partial charge is 0.366 e. The normalized spacial score (nSPS) is 9.89. The number of rotatable bonds is 5. The number of carbonyl (C=O) groups is 2. The van der Waals surface area contributed by atoms with Crippen LogP contribution in [0.3, 0.4) is 0 Å². The molecule has 1 rings (SSSR count). The molecule has 0 saturated carbocycles. The van der Waals surface area contributed by atoms with E-state index in [1.54, 1.807) is 29.2 Å². The molecule has 0 radical (unpaired) electrons. The van der Waals surface area contributed by atoms with Gasteiger partial charge in [0.1, 0.15) is 0 Å². The maximum Gasteiger partial charge on any atom is 0.254 e. The molecule has 0 bridgehead atoms. The second kappa shape index (κ2) is 6.00. The summed E-state index contributed by atoms with van der Waals surface area (Å²) in [6, 6.07) is 6.35. The van der Waals surface area contributed by atoms with E-state index in [1.165, 1.54) is 0 Å². The molecule has 0 spiro atoms. The second-order valence-electron chi connectivity index (χ2n) is 4.22. The number of hydrogen-bond acceptors (Lipinski definition) is 2. The molecule has 0 atom stereocenters. The molecular formula is C14H18N2O2. The molecule has 2 amide bonds. The zero-order valence-electron chi connectivity index (χ0n) is 10.8. The van der Waals surface area contributed by atoms with Gasteiger partial charge in [0.15, 0.2) is 0 Å². The highest BCUT2D eigenvalue weighted by Gasteiger charge is 2.14. The van der Waals surface area contributed by atoms with Gasteiger partial charge in [-0.05, 0) is 38.1 Å². The zero-order chi connectivity index (χ0) is 13.7. The van der Waals surface area contributed by atoms with Crippen molar-refractivity contribution >= 4 is 11.8 Å². The van der Waals surface area contributed by atoms with Crippen LogP contribution in [0.25, 0.3) is 0 Å². The number of primary amides is 1. The Morgan fingerprint density at radius 1 is 1.22 bits per heavy atom. The molecule has 0 aromatic heterocycles. The van der Waals surface area contributed by atoms with Crippen LogP contribution in [0.15, 0.2) is 36.4 Å². The van der Waals surface area contributed by atoms with Crippen LogP contribution in [0.2, 0.25) is 0 Å². The van der Waals surface area contributed by atoms with Crippen molar-refractivity contribution in [3.05, 3.63) is 47.5 Å². The minimum atomic E-state index is -0.497. The predicted octanol–water partition coefficient (Wildman–Crippen LogP) is 1.82. The maximum atomic E-state index is 12.2. The van der Waals surface area contributed by atoms with E-state index in [-0.39, 0.29) is 5.91 Å². The highest BCUT2D eigenvalue weighted by molar-refractivity contribution is 5.97. The van der Waals surface area contributed by atoms with E-state index in [0.29, 0.717) is 24.2 Å². The van der Waals surface area contributed by atoms with E-state index in [0.717, 1.165) is 5.57 Å². The fourth-order valence-electron chi connectivity index (χ4n) is 1.61. The molecule has 4 heteroatoms. The van der Waals surface area contributed by atoms with Crippen LogP contribution in [0.1, 0.15) is 34.6 Å². The van der Waals surface area contributed by atoms with Crippen molar-refractivity contribution in [3.8, 4) is 0 Å². The number of benzene rings is 1. The molecule has 4 nitrogen and oxygen atoms in total. The van der Waals surface area contributed by atoms with Crippen LogP contribution >= 0.6 is 0 Å². The lowest BCUT2D eigenvalue weighted by Gasteiger charge is -2.21. The van der Waals surface area contributed by atoms with Crippen molar-refractivity contribution in [1.29, 1.82) is 0 Å². The number of carbonyl (C=O) groups excluding carboxylic acids is 2. The molecule has 0 aliphatic rings. The predicted molar refractivity (Wildman–Crippen MR) is 71.4 cm³/mol. The second-order valence-corrected chi connectivity index (χ2v) is 4.22. The van der Waals surface area contributed by atoms with Crippen molar-refractivity contribution < 1.29 is 9.59 Å². The topological polar surface area (TPSA) is 63.4 Å². The highest BCUT2D eigenvalue weighted by Crippen LogP contribution is 2.08. The van der Waals surface area contributed by atoms with Gasteiger partial charge in [0.25, 0.3) is 5.91 Å². The SMILES string of the molecule is C=C(C)CN(CC)C(=O)c1ccc(C(N)=O)cc1. The third kappa shape index (κ3) is 3.45. The Kier molecular flexibility index (Phi) is 4.66. The summed E-state index contributed by atoms with van der Waals surface area (Å²) >= 11 is 0. The smallest absolute Gasteiger partial charge is 0.254 e. The molecule has 0 fully saturated rings. The molecule has 1 aromatic carbocycles. The number of nitrogens with two attached hydrogens (primary N) is 1. The minimum absolute atomic E-state index is 0.0727. The van der Waals surface area contributed by atoms with Crippen molar-refractivity contribution in [1.82, 2.24) is 4.90 Å². The van der Waals surface area contributed by atoms with Gasteiger partial charge in [-0.25, -0.2) is 0 Å². The summed E-state index contributed by atoms with van der Waals surface area (Å²) in [5.41, 5.74) is 7.02. The molecule has 0 aliphatic carbocycles. The van der Waals surface area contributed by atoms with Gasteiger partial charge in [-0.1, -0.05) is 12.2 Å². The molecule has 2 N–H and O–H groups in total. The van der Waals surface area contributed by atoms with E-state index in [4.69, 9.17) is 5.73 Å². The third-order valence-corrected chi connectivity index (χ3v) is 2.55. The van der Waals surface area contributed by atoms with Crippen molar-refractivity contribution in [3.63, 3.8) is 0 Å². The summed E-state index contributed by atoms with van der Waals surface area (Å²) in [5.74, 6) is -0.570. The zero-order valence-corrected chi connectivity index (χ0v) is 10.8. The average molecular weight is 246 g/mol. The first-order valence-electron chi connectivity index (χ1n) is 5.79. The Morgan fingerprint density at radius 2 is 1.72 bits per heavy atom. The Morgan fingerprint density at radius 3 is 2.11 bits per heavy atom. The van der Waals surface area contributed by atoms with E-state index in [9.17, 15) is 9.59 Å². The number of likely N-dealkylation sites (N-methyl/N-ethyl adjacent to an activating group) is 1. The molecule has 0 saturated heterocycles. The first-order chi connectivity index (χ1) is 8.45. The lowest BCUT2D eigenvalue weighted by molar-refractivity contribution is 0.0777. The Labute approximate surface area is 107 Å². The van der Waals surface area contributed by atoms with Crippen LogP contribution in [0, 0.1) is 0 Å². The van der Waals surface area contributed by atoms with Crippen LogP contribution in [0.4, 0.5) is 0 Å². The summed E-state index contributed by atoms with van der Waals surface area (Å²) in [7, 11) is 0. The molecule has 1 aromatic rings.